The van der Waals surface area contributed by atoms with Gasteiger partial charge < -0.3 is 0 Å². The van der Waals surface area contributed by atoms with E-state index in [0.29, 0.717) is 15.6 Å². The molecule has 0 radical (unpaired) electrons. The molecule has 0 bridgehead atoms. The van der Waals surface area contributed by atoms with Gasteiger partial charge in [0.25, 0.3) is 5.91 Å². The highest BCUT2D eigenvalue weighted by atomic mass is 35.5. The number of nitrogens with zero attached hydrogens (tertiary/aromatic N) is 1. The second kappa shape index (κ2) is 5.04. The first-order valence-electron chi connectivity index (χ1n) is 5.40. The summed E-state index contributed by atoms with van der Waals surface area (Å²) in [6.45, 7) is 3.84. The van der Waals surface area contributed by atoms with E-state index in [2.05, 4.69) is 5.43 Å². The van der Waals surface area contributed by atoms with Gasteiger partial charge in [0.15, 0.2) is 0 Å². The van der Waals surface area contributed by atoms with Gasteiger partial charge in [-0.2, -0.15) is 0 Å². The molecule has 0 aliphatic carbocycles. The van der Waals surface area contributed by atoms with Gasteiger partial charge in [0, 0.05) is 17.0 Å². The van der Waals surface area contributed by atoms with Crippen LogP contribution < -0.4 is 5.43 Å². The molecular weight excluding hydrogens is 271 g/mol. The van der Waals surface area contributed by atoms with Crippen LogP contribution in [-0.2, 0) is 0 Å². The number of rotatable bonds is 2. The highest BCUT2D eigenvalue weighted by molar-refractivity contribution is 6.42. The second-order valence-electron chi connectivity index (χ2n) is 4.02. The van der Waals surface area contributed by atoms with Gasteiger partial charge in [-0.15, -0.1) is 0 Å². The molecule has 0 spiro atoms. The average Bonchev–Trinajstić information content (AvgIpc) is 2.64. The van der Waals surface area contributed by atoms with Crippen LogP contribution >= 0.6 is 23.2 Å². The Hall–Kier alpha value is -1.45. The van der Waals surface area contributed by atoms with Gasteiger partial charge in [-0.05, 0) is 44.2 Å². The van der Waals surface area contributed by atoms with Gasteiger partial charge in [-0.3, -0.25) is 14.9 Å². The first-order chi connectivity index (χ1) is 8.49. The molecule has 0 saturated carbocycles. The molecular formula is C13H12Cl2N2O. The molecule has 1 aromatic carbocycles. The zero-order valence-corrected chi connectivity index (χ0v) is 11.5. The molecule has 0 atom stereocenters. The molecule has 2 rings (SSSR count). The van der Waals surface area contributed by atoms with Crippen molar-refractivity contribution in [2.24, 2.45) is 0 Å². The molecule has 1 aromatic heterocycles. The van der Waals surface area contributed by atoms with Gasteiger partial charge >= 0.3 is 0 Å². The molecule has 18 heavy (non-hydrogen) atoms. The van der Waals surface area contributed by atoms with Crippen molar-refractivity contribution in [2.75, 3.05) is 5.43 Å². The number of carbonyl (C=O) groups is 1. The fraction of sp³-hybridized carbons (Fsp3) is 0.154. The number of benzene rings is 1. The van der Waals surface area contributed by atoms with Crippen LogP contribution in [0.15, 0.2) is 30.3 Å². The smallest absolute Gasteiger partial charge is 0.267 e. The molecule has 5 heteroatoms. The number of nitrogens with one attached hydrogen (secondary N) is 1. The number of hydrogen-bond acceptors (Lipinski definition) is 1. The minimum Gasteiger partial charge on any atom is -0.267 e. The number of carbonyl (C=O) groups excluding carboxylic acids is 1. The Labute approximate surface area is 115 Å². The third kappa shape index (κ3) is 2.52. The highest BCUT2D eigenvalue weighted by Gasteiger charge is 2.10. The van der Waals surface area contributed by atoms with Crippen LogP contribution in [0.25, 0.3) is 0 Å². The van der Waals surface area contributed by atoms with Crippen LogP contribution in [0, 0.1) is 13.8 Å². The second-order valence-corrected chi connectivity index (χ2v) is 4.84. The van der Waals surface area contributed by atoms with E-state index >= 15 is 0 Å². The number of hydrogen-bond donors (Lipinski definition) is 1. The van der Waals surface area contributed by atoms with Gasteiger partial charge in [0.05, 0.1) is 10.0 Å². The summed E-state index contributed by atoms with van der Waals surface area (Å²) >= 11 is 11.7. The van der Waals surface area contributed by atoms with Gasteiger partial charge in [0.2, 0.25) is 0 Å². The van der Waals surface area contributed by atoms with Crippen molar-refractivity contribution in [2.45, 2.75) is 13.8 Å². The summed E-state index contributed by atoms with van der Waals surface area (Å²) in [5, 5.41) is 0.798. The summed E-state index contributed by atoms with van der Waals surface area (Å²) < 4.78 is 1.73. The average molecular weight is 283 g/mol. The molecule has 2 aromatic rings. The third-order valence-electron chi connectivity index (χ3n) is 2.67. The van der Waals surface area contributed by atoms with Crippen molar-refractivity contribution in [3.63, 3.8) is 0 Å². The van der Waals surface area contributed by atoms with E-state index in [-0.39, 0.29) is 5.91 Å². The Balaban J connectivity index is 2.25. The molecule has 0 unspecified atom stereocenters. The van der Waals surface area contributed by atoms with Crippen LogP contribution in [0.5, 0.6) is 0 Å². The van der Waals surface area contributed by atoms with Crippen molar-refractivity contribution < 1.29 is 4.79 Å². The summed E-state index contributed by atoms with van der Waals surface area (Å²) in [7, 11) is 0. The SMILES string of the molecule is Cc1ccc(C)n1NC(=O)c1ccc(Cl)c(Cl)c1. The summed E-state index contributed by atoms with van der Waals surface area (Å²) in [5.41, 5.74) is 5.19. The zero-order valence-electron chi connectivity index (χ0n) is 10.00. The van der Waals surface area contributed by atoms with E-state index in [1.54, 1.807) is 22.9 Å². The summed E-state index contributed by atoms with van der Waals surface area (Å²) in [6, 6.07) is 8.66. The number of aryl methyl sites for hydroxylation is 2. The Morgan fingerprint density at radius 2 is 1.67 bits per heavy atom. The molecule has 94 valence electrons. The monoisotopic (exact) mass is 282 g/mol. The van der Waals surface area contributed by atoms with E-state index in [4.69, 9.17) is 23.2 Å². The van der Waals surface area contributed by atoms with Crippen LogP contribution in [0.1, 0.15) is 21.7 Å². The molecule has 0 saturated heterocycles. The number of aromatic nitrogens is 1. The number of amides is 1. The Morgan fingerprint density at radius 3 is 2.22 bits per heavy atom. The molecule has 1 N–H and O–H groups in total. The first-order valence-corrected chi connectivity index (χ1v) is 6.16. The van der Waals surface area contributed by atoms with Gasteiger partial charge in [-0.1, -0.05) is 23.2 Å². The molecule has 0 aliphatic rings. The minimum atomic E-state index is -0.226. The third-order valence-corrected chi connectivity index (χ3v) is 3.41. The standard InChI is InChI=1S/C13H12Cl2N2O/c1-8-3-4-9(2)17(8)16-13(18)10-5-6-11(14)12(15)7-10/h3-7H,1-2H3,(H,16,18). The molecule has 1 heterocycles. The van der Waals surface area contributed by atoms with Crippen LogP contribution in [0.2, 0.25) is 10.0 Å². The number of halogens is 2. The van der Waals surface area contributed by atoms with E-state index < -0.39 is 0 Å². The maximum absolute atomic E-state index is 12.0. The highest BCUT2D eigenvalue weighted by Crippen LogP contribution is 2.22. The van der Waals surface area contributed by atoms with Crippen molar-refractivity contribution >= 4 is 29.1 Å². The van der Waals surface area contributed by atoms with Crippen molar-refractivity contribution in [1.29, 1.82) is 0 Å². The molecule has 1 amide bonds. The van der Waals surface area contributed by atoms with Gasteiger partial charge in [-0.25, -0.2) is 0 Å². The van der Waals surface area contributed by atoms with Crippen LogP contribution in [0.4, 0.5) is 0 Å². The maximum Gasteiger partial charge on any atom is 0.270 e. The fourth-order valence-corrected chi connectivity index (χ4v) is 1.95. The van der Waals surface area contributed by atoms with Crippen LogP contribution in [-0.4, -0.2) is 10.6 Å². The molecule has 0 fully saturated rings. The molecule has 0 aliphatic heterocycles. The zero-order chi connectivity index (χ0) is 13.3. The predicted molar refractivity (Wildman–Crippen MR) is 74.1 cm³/mol. The van der Waals surface area contributed by atoms with E-state index in [1.807, 2.05) is 26.0 Å². The summed E-state index contributed by atoms with van der Waals surface area (Å²) in [4.78, 5) is 12.0. The minimum absolute atomic E-state index is 0.226. The summed E-state index contributed by atoms with van der Waals surface area (Å²) in [6.07, 6.45) is 0. The largest absolute Gasteiger partial charge is 0.270 e. The first kappa shape index (κ1) is 13.0. The van der Waals surface area contributed by atoms with Crippen molar-refractivity contribution in [3.8, 4) is 0 Å². The lowest BCUT2D eigenvalue weighted by molar-refractivity contribution is 0.101. The van der Waals surface area contributed by atoms with E-state index in [1.165, 1.54) is 0 Å². The molecule has 3 nitrogen and oxygen atoms in total. The van der Waals surface area contributed by atoms with E-state index in [9.17, 15) is 4.79 Å². The topological polar surface area (TPSA) is 34.0 Å². The fourth-order valence-electron chi connectivity index (χ4n) is 1.65. The lowest BCUT2D eigenvalue weighted by Gasteiger charge is -2.11. The normalized spacial score (nSPS) is 10.4. The lowest BCUT2D eigenvalue weighted by atomic mass is 10.2. The van der Waals surface area contributed by atoms with Gasteiger partial charge in [0.1, 0.15) is 0 Å². The predicted octanol–water partition coefficient (Wildman–Crippen LogP) is 3.80. The quantitative estimate of drug-likeness (QED) is 0.893. The Morgan fingerprint density at radius 1 is 1.06 bits per heavy atom. The van der Waals surface area contributed by atoms with Crippen LogP contribution in [0.3, 0.4) is 0 Å². The Kier molecular flexibility index (Phi) is 3.64. The Bertz CT molecular complexity index is 586. The van der Waals surface area contributed by atoms with E-state index in [0.717, 1.165) is 11.4 Å². The maximum atomic E-state index is 12.0. The van der Waals surface area contributed by atoms with Crippen molar-refractivity contribution in [1.82, 2.24) is 4.68 Å². The lowest BCUT2D eigenvalue weighted by Crippen LogP contribution is -2.24. The summed E-state index contributed by atoms with van der Waals surface area (Å²) in [5.74, 6) is -0.226. The van der Waals surface area contributed by atoms with Crippen molar-refractivity contribution in [3.05, 3.63) is 57.3 Å².